The summed E-state index contributed by atoms with van der Waals surface area (Å²) in [5.41, 5.74) is -1.21. The third-order valence-corrected chi connectivity index (χ3v) is 12.9. The molecule has 4 aliphatic rings. The minimum atomic E-state index is -2.05. The molecular formula is C48H56O27. The van der Waals surface area contributed by atoms with Crippen molar-refractivity contribution in [3.05, 3.63) is 82.5 Å². The molecule has 0 saturated carbocycles. The van der Waals surface area contributed by atoms with Gasteiger partial charge in [0.25, 0.3) is 0 Å². The number of aliphatic hydroxyl groups excluding tert-OH is 12. The van der Waals surface area contributed by atoms with Crippen molar-refractivity contribution < 1.29 is 128 Å². The van der Waals surface area contributed by atoms with E-state index < -0.39 is 188 Å². The van der Waals surface area contributed by atoms with Gasteiger partial charge < -0.3 is 124 Å². The van der Waals surface area contributed by atoms with Crippen molar-refractivity contribution in [2.45, 2.75) is 130 Å². The van der Waals surface area contributed by atoms with Crippen molar-refractivity contribution in [1.82, 2.24) is 0 Å². The number of hydrogen-bond donors (Lipinski definition) is 15. The Labute approximate surface area is 422 Å². The van der Waals surface area contributed by atoms with Gasteiger partial charge in [-0.2, -0.15) is 0 Å². The third kappa shape index (κ3) is 11.6. The van der Waals surface area contributed by atoms with Gasteiger partial charge in [-0.1, -0.05) is 12.1 Å². The van der Waals surface area contributed by atoms with E-state index in [4.69, 9.17) is 47.0 Å². The standard InChI is InChI=1S/C48H56O27/c1-17-30(56)35(61)38(64)45(66-17)75-43-37(63)32(58)26(15-50)70-47(43)74-42-34(60)29-23(54)12-22(13-24(29)68-40(42)19-5-9-21(53)10-6-19)67-48-44(72-28(55)11-4-18-2-7-20(52)8-3-18)41(33(59)27(16-51)71-48)73-46-39(65)36(62)31(57)25(14-49)69-46/h2-13,17,25-27,30-33,35-39,41,43-54,56-59,61-65H,14-16H2,1H3. The minimum Gasteiger partial charge on any atom is -0.508 e. The first-order chi connectivity index (χ1) is 35.7. The Morgan fingerprint density at radius 1 is 0.573 bits per heavy atom. The van der Waals surface area contributed by atoms with Crippen LogP contribution in [0.1, 0.15) is 12.5 Å². The zero-order chi connectivity index (χ0) is 54.2. The third-order valence-electron chi connectivity index (χ3n) is 12.9. The monoisotopic (exact) mass is 1060 g/mol. The SMILES string of the molecule is CC1OC(OC2C(Oc3c(-c4ccc(O)cc4)oc4cc(OC5OC(CO)C(O)C(OC6OC(CO)C(O)C(O)C6O)C5OC(=O)C=Cc5ccc(O)cc5)cc(O)c4c3=O)OC(CO)C(O)C2O)C(O)C(O)C1O. The highest BCUT2D eigenvalue weighted by Crippen LogP contribution is 2.40. The number of aromatic hydroxyl groups is 3. The summed E-state index contributed by atoms with van der Waals surface area (Å²) in [6.07, 6.45) is -34.2. The van der Waals surface area contributed by atoms with Crippen LogP contribution in [0.5, 0.6) is 28.7 Å². The smallest absolute Gasteiger partial charge is 0.331 e. The fourth-order valence-electron chi connectivity index (χ4n) is 8.74. The van der Waals surface area contributed by atoms with Crippen LogP contribution >= 0.6 is 0 Å². The van der Waals surface area contributed by atoms with Crippen molar-refractivity contribution >= 4 is 23.0 Å². The van der Waals surface area contributed by atoms with Crippen LogP contribution in [0.4, 0.5) is 0 Å². The first kappa shape index (κ1) is 55.6. The molecule has 4 fully saturated rings. The van der Waals surface area contributed by atoms with Gasteiger partial charge in [0, 0.05) is 23.8 Å². The highest BCUT2D eigenvalue weighted by molar-refractivity contribution is 5.89. The molecule has 8 rings (SSSR count). The number of hydrogen-bond acceptors (Lipinski definition) is 27. The number of esters is 1. The number of phenols is 3. The molecule has 0 radical (unpaired) electrons. The predicted octanol–water partition coefficient (Wildman–Crippen LogP) is -4.13. The molecule has 15 N–H and O–H groups in total. The lowest BCUT2D eigenvalue weighted by atomic mass is 9.96. The predicted molar refractivity (Wildman–Crippen MR) is 245 cm³/mol. The number of aliphatic hydroxyl groups is 12. The summed E-state index contributed by atoms with van der Waals surface area (Å²) in [6.45, 7) is -1.42. The first-order valence-electron chi connectivity index (χ1n) is 23.3. The van der Waals surface area contributed by atoms with Crippen LogP contribution in [-0.2, 0) is 38.0 Å². The molecule has 0 aliphatic carbocycles. The van der Waals surface area contributed by atoms with Gasteiger partial charge in [-0.3, -0.25) is 4.79 Å². The lowest BCUT2D eigenvalue weighted by Crippen LogP contribution is -2.65. The molecule has 1 aromatic heterocycles. The number of carbonyl (C=O) groups excluding carboxylic acids is 1. The van der Waals surface area contributed by atoms with E-state index in [-0.39, 0.29) is 17.1 Å². The van der Waals surface area contributed by atoms with Crippen LogP contribution < -0.4 is 14.9 Å². The van der Waals surface area contributed by atoms with Crippen LogP contribution in [0.2, 0.25) is 0 Å². The second-order valence-electron chi connectivity index (χ2n) is 18.0. The molecular weight excluding hydrogens is 1010 g/mol. The number of carbonyl (C=O) groups is 1. The van der Waals surface area contributed by atoms with Crippen LogP contribution in [0, 0.1) is 0 Å². The number of fused-ring (bicyclic) bond motifs is 1. The van der Waals surface area contributed by atoms with Gasteiger partial charge in [-0.05, 0) is 55.0 Å². The quantitative estimate of drug-likeness (QED) is 0.0397. The normalized spacial score (nSPS) is 36.3. The number of phenolic OH excluding ortho intramolecular Hbond substituents is 3. The second-order valence-corrected chi connectivity index (χ2v) is 18.0. The molecule has 4 saturated heterocycles. The zero-order valence-corrected chi connectivity index (χ0v) is 39.2. The van der Waals surface area contributed by atoms with Gasteiger partial charge >= 0.3 is 5.97 Å². The molecule has 4 aromatic rings. The highest BCUT2D eigenvalue weighted by atomic mass is 16.8. The molecule has 20 atom stereocenters. The highest BCUT2D eigenvalue weighted by Gasteiger charge is 2.54. The average molecular weight is 1060 g/mol. The Morgan fingerprint density at radius 3 is 1.71 bits per heavy atom. The molecule has 410 valence electrons. The maximum absolute atomic E-state index is 14.7. The van der Waals surface area contributed by atoms with E-state index in [1.165, 1.54) is 61.5 Å². The molecule has 0 amide bonds. The van der Waals surface area contributed by atoms with E-state index in [0.717, 1.165) is 18.2 Å². The first-order valence-corrected chi connectivity index (χ1v) is 23.3. The van der Waals surface area contributed by atoms with Crippen LogP contribution in [0.25, 0.3) is 28.4 Å². The lowest BCUT2D eigenvalue weighted by molar-refractivity contribution is -0.354. The van der Waals surface area contributed by atoms with E-state index >= 15 is 0 Å². The molecule has 3 aromatic carbocycles. The summed E-state index contributed by atoms with van der Waals surface area (Å²) >= 11 is 0. The summed E-state index contributed by atoms with van der Waals surface area (Å²) in [7, 11) is 0. The fourth-order valence-corrected chi connectivity index (χ4v) is 8.74. The molecule has 75 heavy (non-hydrogen) atoms. The van der Waals surface area contributed by atoms with Crippen LogP contribution in [0.15, 0.2) is 76.0 Å². The van der Waals surface area contributed by atoms with E-state index in [9.17, 15) is 86.2 Å². The molecule has 0 bridgehead atoms. The van der Waals surface area contributed by atoms with Crippen molar-refractivity contribution in [2.75, 3.05) is 19.8 Å². The Balaban J connectivity index is 1.17. The molecule has 27 heteroatoms. The maximum atomic E-state index is 14.7. The van der Waals surface area contributed by atoms with Crippen molar-refractivity contribution in [2.24, 2.45) is 0 Å². The summed E-state index contributed by atoms with van der Waals surface area (Å²) in [5.74, 6) is -4.02. The van der Waals surface area contributed by atoms with Gasteiger partial charge in [0.15, 0.2) is 30.5 Å². The van der Waals surface area contributed by atoms with Gasteiger partial charge in [0.05, 0.1) is 25.9 Å². The average Bonchev–Trinajstić information content (AvgIpc) is 3.39. The van der Waals surface area contributed by atoms with Crippen molar-refractivity contribution in [3.63, 3.8) is 0 Å². The maximum Gasteiger partial charge on any atom is 0.331 e. The molecule has 0 spiro atoms. The van der Waals surface area contributed by atoms with E-state index in [1.54, 1.807) is 0 Å². The van der Waals surface area contributed by atoms with Gasteiger partial charge in [-0.15, -0.1) is 0 Å². The number of ether oxygens (including phenoxy) is 9. The molecule has 4 aliphatic heterocycles. The van der Waals surface area contributed by atoms with Gasteiger partial charge in [-0.25, -0.2) is 4.79 Å². The molecule has 27 nitrogen and oxygen atoms in total. The number of benzene rings is 3. The summed E-state index contributed by atoms with van der Waals surface area (Å²) in [4.78, 5) is 28.2. The molecule has 20 unspecified atom stereocenters. The fraction of sp³-hybridized carbons (Fsp3) is 0.500. The van der Waals surface area contributed by atoms with Crippen molar-refractivity contribution in [3.8, 4) is 40.1 Å². The van der Waals surface area contributed by atoms with E-state index in [2.05, 4.69) is 0 Å². The van der Waals surface area contributed by atoms with Crippen LogP contribution in [0.3, 0.4) is 0 Å². The summed E-state index contributed by atoms with van der Waals surface area (Å²) in [6, 6.07) is 12.4. The van der Waals surface area contributed by atoms with Gasteiger partial charge in [0.2, 0.25) is 23.8 Å². The second kappa shape index (κ2) is 23.3. The van der Waals surface area contributed by atoms with E-state index in [1.807, 2.05) is 0 Å². The lowest BCUT2D eigenvalue weighted by Gasteiger charge is -2.46. The zero-order valence-electron chi connectivity index (χ0n) is 39.2. The summed E-state index contributed by atoms with van der Waals surface area (Å²) < 4.78 is 58.4. The van der Waals surface area contributed by atoms with Crippen LogP contribution in [-0.4, -0.2) is 225 Å². The Hall–Kier alpha value is -5.64. The Morgan fingerprint density at radius 2 is 1.09 bits per heavy atom. The minimum absolute atomic E-state index is 0.00746. The van der Waals surface area contributed by atoms with Gasteiger partial charge in [0.1, 0.15) is 113 Å². The Kier molecular flexibility index (Phi) is 17.3. The van der Waals surface area contributed by atoms with Crippen molar-refractivity contribution in [1.29, 1.82) is 0 Å². The largest absolute Gasteiger partial charge is 0.508 e. The molecule has 5 heterocycles. The number of rotatable bonds is 15. The Bertz CT molecular complexity index is 2660. The van der Waals surface area contributed by atoms with E-state index in [0.29, 0.717) is 5.56 Å². The summed E-state index contributed by atoms with van der Waals surface area (Å²) in [5, 5.41) is 158. The topological polar surface area (TPSA) is 434 Å².